The Kier molecular flexibility index (Phi) is 4.65. The van der Waals surface area contributed by atoms with Crippen LogP contribution in [-0.4, -0.2) is 47.5 Å². The van der Waals surface area contributed by atoms with Gasteiger partial charge < -0.3 is 10.1 Å². The molecule has 156 valence electrons. The number of aromatic nitrogens is 7. The zero-order valence-electron chi connectivity index (χ0n) is 17.5. The summed E-state index contributed by atoms with van der Waals surface area (Å²) in [5.74, 6) is 1.67. The monoisotopic (exact) mass is 406 g/mol. The van der Waals surface area contributed by atoms with E-state index in [1.807, 2.05) is 45.8 Å². The standard InChI is InChI=1S/C21H26N8O/c1-22-19-10-18-17(12-23-19)21(14-11-25-27(2)13-14)26-29(18)15-4-6-16(7-5-15)30-20-8-9-24-28(20)3/h8-13,15-16H,4-7H2,1-3H3,(H,22,23)/t15-,16+. The summed E-state index contributed by atoms with van der Waals surface area (Å²) in [5.41, 5.74) is 3.04. The number of ether oxygens (including phenoxy) is 1. The molecule has 1 aliphatic rings. The van der Waals surface area contributed by atoms with Crippen LogP contribution in [-0.2, 0) is 14.1 Å². The SMILES string of the molecule is CNc1cc2c(cn1)c(-c1cnn(C)c1)nn2[C@H]1CC[C@@H](Oc2ccnn2C)CC1. The highest BCUT2D eigenvalue weighted by Crippen LogP contribution is 2.36. The molecule has 0 atom stereocenters. The van der Waals surface area contributed by atoms with E-state index in [1.165, 1.54) is 0 Å². The second-order valence-corrected chi connectivity index (χ2v) is 7.87. The lowest BCUT2D eigenvalue weighted by atomic mass is 9.93. The van der Waals surface area contributed by atoms with Crippen molar-refractivity contribution in [3.05, 3.63) is 36.9 Å². The van der Waals surface area contributed by atoms with E-state index in [-0.39, 0.29) is 6.10 Å². The second kappa shape index (κ2) is 7.47. The molecule has 1 saturated carbocycles. The topological polar surface area (TPSA) is 87.6 Å². The molecule has 0 amide bonds. The number of rotatable bonds is 5. The molecule has 30 heavy (non-hydrogen) atoms. The molecule has 0 saturated heterocycles. The highest BCUT2D eigenvalue weighted by molar-refractivity contribution is 5.93. The highest BCUT2D eigenvalue weighted by atomic mass is 16.5. The molecule has 0 radical (unpaired) electrons. The van der Waals surface area contributed by atoms with Crippen LogP contribution in [0.5, 0.6) is 5.88 Å². The van der Waals surface area contributed by atoms with Crippen molar-refractivity contribution in [2.75, 3.05) is 12.4 Å². The first-order valence-corrected chi connectivity index (χ1v) is 10.3. The van der Waals surface area contributed by atoms with Gasteiger partial charge in [0.15, 0.2) is 0 Å². The summed E-state index contributed by atoms with van der Waals surface area (Å²) in [6.45, 7) is 0. The van der Waals surface area contributed by atoms with Crippen LogP contribution in [0.2, 0.25) is 0 Å². The molecule has 4 aromatic heterocycles. The quantitative estimate of drug-likeness (QED) is 0.548. The molecular weight excluding hydrogens is 380 g/mol. The fourth-order valence-corrected chi connectivity index (χ4v) is 4.26. The molecule has 0 aliphatic heterocycles. The molecule has 0 spiro atoms. The van der Waals surface area contributed by atoms with Gasteiger partial charge in [-0.05, 0) is 25.7 Å². The molecule has 0 aromatic carbocycles. The molecular formula is C21H26N8O. The Labute approximate surface area is 174 Å². The molecule has 0 bridgehead atoms. The van der Waals surface area contributed by atoms with Crippen molar-refractivity contribution >= 4 is 16.7 Å². The third kappa shape index (κ3) is 3.30. The highest BCUT2D eigenvalue weighted by Gasteiger charge is 2.27. The normalized spacial score (nSPS) is 19.3. The average molecular weight is 406 g/mol. The zero-order chi connectivity index (χ0) is 20.7. The molecule has 9 nitrogen and oxygen atoms in total. The van der Waals surface area contributed by atoms with E-state index in [2.05, 4.69) is 31.2 Å². The number of nitrogens with zero attached hydrogens (tertiary/aromatic N) is 7. The molecule has 0 unspecified atom stereocenters. The number of pyridine rings is 1. The Hall–Kier alpha value is -3.36. The summed E-state index contributed by atoms with van der Waals surface area (Å²) < 4.78 is 11.9. The van der Waals surface area contributed by atoms with Gasteiger partial charge in [-0.1, -0.05) is 0 Å². The van der Waals surface area contributed by atoms with Crippen molar-refractivity contribution in [3.8, 4) is 17.1 Å². The predicted molar refractivity (Wildman–Crippen MR) is 114 cm³/mol. The third-order valence-corrected chi connectivity index (χ3v) is 5.88. The van der Waals surface area contributed by atoms with Crippen LogP contribution in [0.15, 0.2) is 36.9 Å². The van der Waals surface area contributed by atoms with Gasteiger partial charge in [-0.15, -0.1) is 0 Å². The molecule has 1 N–H and O–H groups in total. The smallest absolute Gasteiger partial charge is 0.211 e. The van der Waals surface area contributed by atoms with Gasteiger partial charge >= 0.3 is 0 Å². The summed E-state index contributed by atoms with van der Waals surface area (Å²) in [4.78, 5) is 4.52. The minimum Gasteiger partial charge on any atom is -0.475 e. The van der Waals surface area contributed by atoms with Crippen LogP contribution in [0, 0.1) is 0 Å². The van der Waals surface area contributed by atoms with Crippen LogP contribution in [0.25, 0.3) is 22.2 Å². The lowest BCUT2D eigenvalue weighted by molar-refractivity contribution is 0.121. The summed E-state index contributed by atoms with van der Waals surface area (Å²) in [6.07, 6.45) is 11.8. The van der Waals surface area contributed by atoms with Gasteiger partial charge in [0.25, 0.3) is 0 Å². The number of anilines is 1. The number of aryl methyl sites for hydroxylation is 2. The van der Waals surface area contributed by atoms with Crippen molar-refractivity contribution in [2.45, 2.75) is 37.8 Å². The molecule has 5 rings (SSSR count). The van der Waals surface area contributed by atoms with Gasteiger partial charge in [0, 0.05) is 56.6 Å². The zero-order valence-corrected chi connectivity index (χ0v) is 17.5. The van der Waals surface area contributed by atoms with Gasteiger partial charge in [-0.2, -0.15) is 15.3 Å². The number of nitrogens with one attached hydrogen (secondary N) is 1. The number of hydrogen-bond acceptors (Lipinski definition) is 6. The summed E-state index contributed by atoms with van der Waals surface area (Å²) in [6, 6.07) is 4.33. The minimum atomic E-state index is 0.214. The van der Waals surface area contributed by atoms with Crippen LogP contribution >= 0.6 is 0 Å². The second-order valence-electron chi connectivity index (χ2n) is 7.87. The first-order valence-electron chi connectivity index (χ1n) is 10.3. The van der Waals surface area contributed by atoms with Gasteiger partial charge in [0.1, 0.15) is 17.6 Å². The van der Waals surface area contributed by atoms with Gasteiger partial charge in [0.2, 0.25) is 5.88 Å². The van der Waals surface area contributed by atoms with Crippen LogP contribution < -0.4 is 10.1 Å². The fourth-order valence-electron chi connectivity index (χ4n) is 4.26. The molecule has 4 aromatic rings. The summed E-state index contributed by atoms with van der Waals surface area (Å²) in [5, 5.41) is 17.7. The number of fused-ring (bicyclic) bond motifs is 1. The van der Waals surface area contributed by atoms with Crippen molar-refractivity contribution < 1.29 is 4.74 Å². The van der Waals surface area contributed by atoms with E-state index in [1.54, 1.807) is 15.6 Å². The van der Waals surface area contributed by atoms with E-state index < -0.39 is 0 Å². The van der Waals surface area contributed by atoms with Crippen LogP contribution in [0.3, 0.4) is 0 Å². The molecule has 9 heteroatoms. The van der Waals surface area contributed by atoms with E-state index in [4.69, 9.17) is 9.84 Å². The van der Waals surface area contributed by atoms with Crippen molar-refractivity contribution in [1.29, 1.82) is 0 Å². The maximum atomic E-state index is 6.15. The summed E-state index contributed by atoms with van der Waals surface area (Å²) in [7, 11) is 5.71. The lowest BCUT2D eigenvalue weighted by Gasteiger charge is -2.29. The number of hydrogen-bond donors (Lipinski definition) is 1. The maximum Gasteiger partial charge on any atom is 0.211 e. The van der Waals surface area contributed by atoms with Crippen LogP contribution in [0.1, 0.15) is 31.7 Å². The van der Waals surface area contributed by atoms with E-state index >= 15 is 0 Å². The molecule has 1 fully saturated rings. The van der Waals surface area contributed by atoms with Gasteiger partial charge in [0.05, 0.1) is 24.0 Å². The van der Waals surface area contributed by atoms with Crippen LogP contribution in [0.4, 0.5) is 5.82 Å². The van der Waals surface area contributed by atoms with Gasteiger partial charge in [-0.25, -0.2) is 9.67 Å². The predicted octanol–water partition coefficient (Wildman–Crippen LogP) is 3.17. The Morgan fingerprint density at radius 2 is 1.93 bits per heavy atom. The van der Waals surface area contributed by atoms with Crippen molar-refractivity contribution in [3.63, 3.8) is 0 Å². The first kappa shape index (κ1) is 18.7. The Balaban J connectivity index is 1.43. The maximum absolute atomic E-state index is 6.15. The van der Waals surface area contributed by atoms with Gasteiger partial charge in [-0.3, -0.25) is 9.36 Å². The average Bonchev–Trinajstić information content (AvgIpc) is 3.47. The third-order valence-electron chi connectivity index (χ3n) is 5.88. The Bertz CT molecular complexity index is 1170. The van der Waals surface area contributed by atoms with Crippen molar-refractivity contribution in [2.24, 2.45) is 14.1 Å². The Morgan fingerprint density at radius 1 is 1.10 bits per heavy atom. The lowest BCUT2D eigenvalue weighted by Crippen LogP contribution is -2.26. The largest absolute Gasteiger partial charge is 0.475 e. The molecule has 1 aliphatic carbocycles. The minimum absolute atomic E-state index is 0.214. The fraction of sp³-hybridized carbons (Fsp3) is 0.429. The molecule has 4 heterocycles. The first-order chi connectivity index (χ1) is 14.6. The Morgan fingerprint density at radius 3 is 2.60 bits per heavy atom. The van der Waals surface area contributed by atoms with E-state index in [0.29, 0.717) is 6.04 Å². The summed E-state index contributed by atoms with van der Waals surface area (Å²) >= 11 is 0. The van der Waals surface area contributed by atoms with E-state index in [9.17, 15) is 0 Å². The van der Waals surface area contributed by atoms with Crippen molar-refractivity contribution in [1.82, 2.24) is 34.3 Å². The van der Waals surface area contributed by atoms with E-state index in [0.717, 1.165) is 59.5 Å².